The number of carboxylic acid groups (broad SMARTS) is 1. The van der Waals surface area contributed by atoms with Gasteiger partial charge in [0.05, 0.1) is 0 Å². The highest BCUT2D eigenvalue weighted by Gasteiger charge is 2.34. The number of rotatable bonds is 7. The summed E-state index contributed by atoms with van der Waals surface area (Å²) in [6.07, 6.45) is -4.13. The fraction of sp³-hybridized carbons (Fsp3) is 0.267. The lowest BCUT2D eigenvalue weighted by Gasteiger charge is -2.11. The molecule has 128 valence electrons. The number of alkyl halides is 3. The molecule has 0 aliphatic rings. The molecule has 2 rings (SSSR count). The molecule has 0 unspecified atom stereocenters. The summed E-state index contributed by atoms with van der Waals surface area (Å²) in [7, 11) is 0. The quantitative estimate of drug-likeness (QED) is 0.805. The number of ether oxygens (including phenoxy) is 1. The number of aliphatic carboxylic acids is 1. The predicted octanol–water partition coefficient (Wildman–Crippen LogP) is 2.61. The Bertz CT molecular complexity index is 693. The summed E-state index contributed by atoms with van der Waals surface area (Å²) in [5.41, 5.74) is -0.209. The molecule has 0 atom stereocenters. The number of hydrogen-bond acceptors (Lipinski definition) is 5. The van der Waals surface area contributed by atoms with Crippen molar-refractivity contribution >= 4 is 11.9 Å². The molecule has 0 aliphatic heterocycles. The summed E-state index contributed by atoms with van der Waals surface area (Å²) >= 11 is 0. The standard InChI is InChI=1S/C15H14F3N3O3/c16-15(17,18)11-8-12(24-9-13(22)23)21-14(20-11)19-7-6-10-4-2-1-3-5-10/h1-5,8H,6-7,9H2,(H,22,23)(H,19,20,21). The van der Waals surface area contributed by atoms with Gasteiger partial charge in [-0.15, -0.1) is 0 Å². The Morgan fingerprint density at radius 1 is 1.21 bits per heavy atom. The third-order valence-electron chi connectivity index (χ3n) is 2.88. The van der Waals surface area contributed by atoms with Crippen LogP contribution >= 0.6 is 0 Å². The van der Waals surface area contributed by atoms with E-state index in [4.69, 9.17) is 9.84 Å². The van der Waals surface area contributed by atoms with Crippen LogP contribution in [0.4, 0.5) is 19.1 Å². The Kier molecular flexibility index (Phi) is 5.56. The maximum absolute atomic E-state index is 12.8. The smallest absolute Gasteiger partial charge is 0.433 e. The lowest BCUT2D eigenvalue weighted by Crippen LogP contribution is -2.16. The van der Waals surface area contributed by atoms with Gasteiger partial charge in [0.25, 0.3) is 0 Å². The van der Waals surface area contributed by atoms with Gasteiger partial charge >= 0.3 is 12.1 Å². The SMILES string of the molecule is O=C(O)COc1cc(C(F)(F)F)nc(NCCc2ccccc2)n1. The Hall–Kier alpha value is -2.84. The van der Waals surface area contributed by atoms with Gasteiger partial charge in [-0.3, -0.25) is 0 Å². The van der Waals surface area contributed by atoms with Crippen LogP contribution in [0.15, 0.2) is 36.4 Å². The number of hydrogen-bond donors (Lipinski definition) is 2. The first-order valence-electron chi connectivity index (χ1n) is 6.93. The first kappa shape index (κ1) is 17.5. The molecule has 2 aromatic rings. The summed E-state index contributed by atoms with van der Waals surface area (Å²) in [6, 6.07) is 9.90. The van der Waals surface area contributed by atoms with Crippen LogP contribution in [0, 0.1) is 0 Å². The van der Waals surface area contributed by atoms with Gasteiger partial charge < -0.3 is 15.2 Å². The second-order valence-corrected chi connectivity index (χ2v) is 4.76. The number of carboxylic acids is 1. The van der Waals surface area contributed by atoms with Crippen molar-refractivity contribution in [2.24, 2.45) is 0 Å². The van der Waals surface area contributed by atoms with E-state index >= 15 is 0 Å². The summed E-state index contributed by atoms with van der Waals surface area (Å²) in [6.45, 7) is -0.485. The van der Waals surface area contributed by atoms with E-state index in [1.54, 1.807) is 0 Å². The highest BCUT2D eigenvalue weighted by atomic mass is 19.4. The number of halogens is 3. The fourth-order valence-electron chi connectivity index (χ4n) is 1.82. The van der Waals surface area contributed by atoms with Crippen LogP contribution in [0.2, 0.25) is 0 Å². The normalized spacial score (nSPS) is 11.1. The van der Waals surface area contributed by atoms with Crippen LogP contribution in [-0.4, -0.2) is 34.2 Å². The van der Waals surface area contributed by atoms with Crippen molar-refractivity contribution in [1.29, 1.82) is 0 Å². The molecule has 0 amide bonds. The van der Waals surface area contributed by atoms with Gasteiger partial charge in [-0.1, -0.05) is 30.3 Å². The fourth-order valence-corrected chi connectivity index (χ4v) is 1.82. The molecule has 0 saturated heterocycles. The molecule has 9 heteroatoms. The average Bonchev–Trinajstić information content (AvgIpc) is 2.53. The molecule has 6 nitrogen and oxygen atoms in total. The zero-order chi connectivity index (χ0) is 17.6. The van der Waals surface area contributed by atoms with Gasteiger partial charge in [0, 0.05) is 12.6 Å². The van der Waals surface area contributed by atoms with E-state index in [0.29, 0.717) is 19.0 Å². The van der Waals surface area contributed by atoms with Gasteiger partial charge in [0.15, 0.2) is 12.3 Å². The Morgan fingerprint density at radius 3 is 2.54 bits per heavy atom. The van der Waals surface area contributed by atoms with Crippen molar-refractivity contribution in [3.8, 4) is 5.88 Å². The molecule has 1 heterocycles. The molecular formula is C15H14F3N3O3. The number of anilines is 1. The minimum Gasteiger partial charge on any atom is -0.479 e. The molecule has 0 fully saturated rings. The molecule has 1 aromatic carbocycles. The topological polar surface area (TPSA) is 84.3 Å². The van der Waals surface area contributed by atoms with E-state index in [2.05, 4.69) is 15.3 Å². The highest BCUT2D eigenvalue weighted by molar-refractivity contribution is 5.68. The van der Waals surface area contributed by atoms with Crippen molar-refractivity contribution in [1.82, 2.24) is 9.97 Å². The predicted molar refractivity (Wildman–Crippen MR) is 78.8 cm³/mol. The van der Waals surface area contributed by atoms with Crippen molar-refractivity contribution in [3.63, 3.8) is 0 Å². The molecule has 0 aliphatic carbocycles. The second-order valence-electron chi connectivity index (χ2n) is 4.76. The number of benzene rings is 1. The third-order valence-corrected chi connectivity index (χ3v) is 2.88. The minimum atomic E-state index is -4.69. The molecule has 0 spiro atoms. The van der Waals surface area contributed by atoms with Crippen molar-refractivity contribution < 1.29 is 27.8 Å². The molecule has 0 bridgehead atoms. The van der Waals surface area contributed by atoms with Crippen LogP contribution in [0.1, 0.15) is 11.3 Å². The van der Waals surface area contributed by atoms with E-state index < -0.39 is 30.3 Å². The zero-order valence-electron chi connectivity index (χ0n) is 12.4. The summed E-state index contributed by atoms with van der Waals surface area (Å²) in [5, 5.41) is 11.2. The van der Waals surface area contributed by atoms with E-state index in [1.165, 1.54) is 0 Å². The Balaban J connectivity index is 2.09. The monoisotopic (exact) mass is 341 g/mol. The summed E-state index contributed by atoms with van der Waals surface area (Å²) in [4.78, 5) is 17.6. The van der Waals surface area contributed by atoms with Gasteiger partial charge in [-0.2, -0.15) is 18.2 Å². The minimum absolute atomic E-state index is 0.277. The van der Waals surface area contributed by atoms with Gasteiger partial charge in [0.2, 0.25) is 11.8 Å². The van der Waals surface area contributed by atoms with Crippen LogP contribution < -0.4 is 10.1 Å². The molecule has 2 N–H and O–H groups in total. The van der Waals surface area contributed by atoms with Crippen LogP contribution in [0.5, 0.6) is 5.88 Å². The zero-order valence-corrected chi connectivity index (χ0v) is 12.4. The van der Waals surface area contributed by atoms with E-state index in [0.717, 1.165) is 5.56 Å². The van der Waals surface area contributed by atoms with E-state index in [1.807, 2.05) is 30.3 Å². The first-order chi connectivity index (χ1) is 11.3. The molecular weight excluding hydrogens is 327 g/mol. The van der Waals surface area contributed by atoms with E-state index in [9.17, 15) is 18.0 Å². The average molecular weight is 341 g/mol. The van der Waals surface area contributed by atoms with E-state index in [-0.39, 0.29) is 5.95 Å². The van der Waals surface area contributed by atoms with Gasteiger partial charge in [-0.25, -0.2) is 9.78 Å². The highest BCUT2D eigenvalue weighted by Crippen LogP contribution is 2.30. The molecule has 24 heavy (non-hydrogen) atoms. The Labute approximate surface area is 135 Å². The summed E-state index contributed by atoms with van der Waals surface area (Å²) < 4.78 is 43.2. The number of nitrogens with zero attached hydrogens (tertiary/aromatic N) is 2. The van der Waals surface area contributed by atoms with Crippen LogP contribution in [0.25, 0.3) is 0 Å². The van der Waals surface area contributed by atoms with Crippen LogP contribution in [0.3, 0.4) is 0 Å². The number of aromatic nitrogens is 2. The summed E-state index contributed by atoms with van der Waals surface area (Å²) in [5.74, 6) is -2.05. The Morgan fingerprint density at radius 2 is 1.92 bits per heavy atom. The lowest BCUT2D eigenvalue weighted by molar-refractivity contribution is -0.141. The molecule has 1 aromatic heterocycles. The number of carbonyl (C=O) groups is 1. The van der Waals surface area contributed by atoms with Crippen molar-refractivity contribution in [2.45, 2.75) is 12.6 Å². The molecule has 0 saturated carbocycles. The largest absolute Gasteiger partial charge is 0.479 e. The molecule has 0 radical (unpaired) electrons. The maximum Gasteiger partial charge on any atom is 0.433 e. The number of nitrogens with one attached hydrogen (secondary N) is 1. The van der Waals surface area contributed by atoms with Crippen molar-refractivity contribution in [3.05, 3.63) is 47.7 Å². The van der Waals surface area contributed by atoms with Gasteiger partial charge in [0.1, 0.15) is 0 Å². The lowest BCUT2D eigenvalue weighted by atomic mass is 10.1. The van der Waals surface area contributed by atoms with Crippen molar-refractivity contribution in [2.75, 3.05) is 18.5 Å². The maximum atomic E-state index is 12.8. The van der Waals surface area contributed by atoms with Gasteiger partial charge in [-0.05, 0) is 12.0 Å². The van der Waals surface area contributed by atoms with Crippen LogP contribution in [-0.2, 0) is 17.4 Å². The first-order valence-corrected chi connectivity index (χ1v) is 6.93. The third kappa shape index (κ3) is 5.41. The second kappa shape index (κ2) is 7.62.